The number of fused-ring (bicyclic) bond motifs is 2. The van der Waals surface area contributed by atoms with Crippen LogP contribution in [-0.4, -0.2) is 53.0 Å². The van der Waals surface area contributed by atoms with Gasteiger partial charge in [-0.05, 0) is 54.3 Å². The Labute approximate surface area is 246 Å². The predicted molar refractivity (Wildman–Crippen MR) is 164 cm³/mol. The molecule has 0 aliphatic carbocycles. The van der Waals surface area contributed by atoms with Crippen molar-refractivity contribution in [1.82, 2.24) is 20.0 Å². The number of nitrogens with one attached hydrogen (secondary N) is 3. The third-order valence-corrected chi connectivity index (χ3v) is 7.73. The predicted octanol–water partition coefficient (Wildman–Crippen LogP) is 4.05. The van der Waals surface area contributed by atoms with Crippen molar-refractivity contribution in [2.75, 3.05) is 31.9 Å². The average molecular weight is 586 g/mol. The molecule has 3 N–H and O–H groups in total. The van der Waals surface area contributed by atoms with Crippen LogP contribution in [0.3, 0.4) is 0 Å². The maximum absolute atomic E-state index is 13.3. The number of para-hydroxylation sites is 2. The fourth-order valence-corrected chi connectivity index (χ4v) is 5.42. The van der Waals surface area contributed by atoms with Crippen LogP contribution in [0.2, 0.25) is 0 Å². The molecule has 5 rings (SSSR count). The van der Waals surface area contributed by atoms with Gasteiger partial charge < -0.3 is 19.8 Å². The van der Waals surface area contributed by atoms with E-state index in [2.05, 4.69) is 20.7 Å². The van der Waals surface area contributed by atoms with Crippen molar-refractivity contribution < 1.29 is 19.1 Å². The third kappa shape index (κ3) is 6.58. The second kappa shape index (κ2) is 13.3. The van der Waals surface area contributed by atoms with Gasteiger partial charge in [0.1, 0.15) is 0 Å². The highest BCUT2D eigenvalue weighted by Crippen LogP contribution is 2.27. The number of ether oxygens (including phenoxy) is 2. The molecule has 0 aliphatic heterocycles. The first kappa shape index (κ1) is 28.7. The van der Waals surface area contributed by atoms with Crippen LogP contribution in [0.15, 0.2) is 82.9 Å². The molecule has 3 aromatic carbocycles. The van der Waals surface area contributed by atoms with E-state index in [4.69, 9.17) is 9.47 Å². The smallest absolute Gasteiger partial charge is 0.281 e. The van der Waals surface area contributed by atoms with Gasteiger partial charge in [0.25, 0.3) is 5.56 Å². The molecule has 0 fully saturated rings. The molecule has 2 amide bonds. The minimum atomic E-state index is -0.405. The number of hydrogen-bond donors (Lipinski definition) is 3. The molecule has 0 saturated carbocycles. The maximum Gasteiger partial charge on any atom is 0.281 e. The van der Waals surface area contributed by atoms with E-state index in [0.29, 0.717) is 41.8 Å². The summed E-state index contributed by atoms with van der Waals surface area (Å²) in [6.07, 6.45) is 3.16. The highest BCUT2D eigenvalue weighted by molar-refractivity contribution is 7.99. The van der Waals surface area contributed by atoms with Gasteiger partial charge in [0.05, 0.1) is 30.9 Å². The monoisotopic (exact) mass is 585 g/mol. The summed E-state index contributed by atoms with van der Waals surface area (Å²) in [4.78, 5) is 46.8. The van der Waals surface area contributed by atoms with Crippen molar-refractivity contribution in [1.29, 1.82) is 0 Å². The average Bonchev–Trinajstić information content (AvgIpc) is 3.43. The number of amides is 2. The molecule has 42 heavy (non-hydrogen) atoms. The van der Waals surface area contributed by atoms with E-state index in [1.807, 2.05) is 48.7 Å². The van der Waals surface area contributed by atoms with Crippen molar-refractivity contribution in [2.45, 2.75) is 24.4 Å². The van der Waals surface area contributed by atoms with E-state index >= 15 is 0 Å². The summed E-state index contributed by atoms with van der Waals surface area (Å²) in [5.74, 6) is 0.726. The molecule has 0 unspecified atom stereocenters. The van der Waals surface area contributed by atoms with Crippen LogP contribution in [0.4, 0.5) is 0 Å². The van der Waals surface area contributed by atoms with Crippen molar-refractivity contribution in [2.24, 2.45) is 0 Å². The van der Waals surface area contributed by atoms with E-state index in [1.54, 1.807) is 38.5 Å². The zero-order valence-electron chi connectivity index (χ0n) is 23.3. The molecule has 2 heterocycles. The largest absolute Gasteiger partial charge is 0.493 e. The van der Waals surface area contributed by atoms with Crippen molar-refractivity contribution in [3.8, 4) is 11.5 Å². The molecular weight excluding hydrogens is 554 g/mol. The van der Waals surface area contributed by atoms with Crippen molar-refractivity contribution in [3.63, 3.8) is 0 Å². The molecule has 0 saturated heterocycles. The number of nitrogens with zero attached hydrogens (tertiary/aromatic N) is 2. The van der Waals surface area contributed by atoms with E-state index in [1.165, 1.54) is 0 Å². The summed E-state index contributed by atoms with van der Waals surface area (Å²) in [5, 5.41) is 4.56. The first-order chi connectivity index (χ1) is 20.5. The van der Waals surface area contributed by atoms with Crippen LogP contribution in [-0.2, 0) is 22.4 Å². The number of methoxy groups -OCH3 is 2. The number of carbonyl (C=O) groups is 2. The lowest BCUT2D eigenvalue weighted by atomic mass is 10.1. The molecular formula is C31H31N5O5S. The second-order valence-corrected chi connectivity index (χ2v) is 10.5. The Balaban J connectivity index is 1.23. The summed E-state index contributed by atoms with van der Waals surface area (Å²) < 4.78 is 11.7. The van der Waals surface area contributed by atoms with Gasteiger partial charge in [-0.2, -0.15) is 4.68 Å². The van der Waals surface area contributed by atoms with E-state index in [9.17, 15) is 14.4 Å². The lowest BCUT2D eigenvalue weighted by Gasteiger charge is -2.14. The number of carbonyl (C=O) groups excluding carboxylic acids is 2. The van der Waals surface area contributed by atoms with Crippen LogP contribution in [0.1, 0.15) is 17.5 Å². The number of hydrogen-bond acceptors (Lipinski definition) is 7. The Bertz CT molecular complexity index is 1800. The molecule has 0 aliphatic rings. The molecule has 216 valence electrons. The Hall–Kier alpha value is -4.77. The zero-order valence-corrected chi connectivity index (χ0v) is 24.1. The van der Waals surface area contributed by atoms with Crippen molar-refractivity contribution in [3.05, 3.63) is 94.4 Å². The van der Waals surface area contributed by atoms with Gasteiger partial charge in [-0.15, -0.1) is 0 Å². The number of rotatable bonds is 12. The van der Waals surface area contributed by atoms with Crippen LogP contribution < -0.4 is 25.8 Å². The van der Waals surface area contributed by atoms with Gasteiger partial charge in [-0.1, -0.05) is 48.2 Å². The van der Waals surface area contributed by atoms with Crippen LogP contribution >= 0.6 is 11.8 Å². The zero-order chi connectivity index (χ0) is 29.5. The Morgan fingerprint density at radius 1 is 0.929 bits per heavy atom. The number of benzene rings is 3. The first-order valence-corrected chi connectivity index (χ1v) is 14.4. The SMILES string of the molecule is COc1ccc(CCNC(=O)CSc2nc3ccccc3c(=O)n2NC(=O)CCc2c[nH]c3ccccc23)cc1OC. The minimum Gasteiger partial charge on any atom is -0.493 e. The lowest BCUT2D eigenvalue weighted by molar-refractivity contribution is -0.118. The van der Waals surface area contributed by atoms with Crippen LogP contribution in [0.5, 0.6) is 11.5 Å². The highest BCUT2D eigenvalue weighted by atomic mass is 32.2. The van der Waals surface area contributed by atoms with Gasteiger partial charge in [0, 0.05) is 30.1 Å². The van der Waals surface area contributed by atoms with Crippen LogP contribution in [0, 0.1) is 0 Å². The Morgan fingerprint density at radius 2 is 1.69 bits per heavy atom. The summed E-state index contributed by atoms with van der Waals surface area (Å²) in [6.45, 7) is 0.414. The molecule has 10 nitrogen and oxygen atoms in total. The van der Waals surface area contributed by atoms with Gasteiger partial charge >= 0.3 is 0 Å². The fraction of sp³-hybridized carbons (Fsp3) is 0.226. The first-order valence-electron chi connectivity index (χ1n) is 13.4. The van der Waals surface area contributed by atoms with Crippen LogP contribution in [0.25, 0.3) is 21.8 Å². The Morgan fingerprint density at radius 3 is 2.50 bits per heavy atom. The van der Waals surface area contributed by atoms with Gasteiger partial charge in [-0.3, -0.25) is 19.8 Å². The number of aryl methyl sites for hydroxylation is 1. The minimum absolute atomic E-state index is 0.0158. The molecule has 5 aromatic rings. The van der Waals surface area contributed by atoms with E-state index in [0.717, 1.165) is 38.5 Å². The summed E-state index contributed by atoms with van der Waals surface area (Å²) in [6, 6.07) is 20.4. The normalized spacial score (nSPS) is 11.0. The number of aromatic amines is 1. The summed E-state index contributed by atoms with van der Waals surface area (Å²) >= 11 is 1.08. The Kier molecular flexibility index (Phi) is 9.08. The highest BCUT2D eigenvalue weighted by Gasteiger charge is 2.16. The molecule has 0 spiro atoms. The molecule has 0 bridgehead atoms. The van der Waals surface area contributed by atoms with Gasteiger partial charge in [-0.25, -0.2) is 4.98 Å². The summed E-state index contributed by atoms with van der Waals surface area (Å²) in [7, 11) is 3.16. The molecule has 0 atom stereocenters. The number of thioether (sulfide) groups is 1. The molecule has 0 radical (unpaired) electrons. The molecule has 2 aromatic heterocycles. The number of H-pyrrole nitrogens is 1. The van der Waals surface area contributed by atoms with Gasteiger partial charge in [0.2, 0.25) is 11.8 Å². The third-order valence-electron chi connectivity index (χ3n) is 6.79. The van der Waals surface area contributed by atoms with Gasteiger partial charge in [0.15, 0.2) is 16.7 Å². The fourth-order valence-electron chi connectivity index (χ4n) is 4.64. The topological polar surface area (TPSA) is 127 Å². The standard InChI is InChI=1S/C31H31N5O5S/c1-40-26-13-11-20(17-27(26)41-2)15-16-32-29(38)19-42-31-34-25-10-6-4-8-23(25)30(39)36(31)35-28(37)14-12-21-18-33-24-9-5-3-7-22(21)24/h3-11,13,17-18,33H,12,14-16,19H2,1-2H3,(H,32,38)(H,35,37). The quantitative estimate of drug-likeness (QED) is 0.149. The summed E-state index contributed by atoms with van der Waals surface area (Å²) in [5.41, 5.74) is 5.80. The second-order valence-electron chi connectivity index (χ2n) is 9.52. The van der Waals surface area contributed by atoms with E-state index < -0.39 is 5.56 Å². The maximum atomic E-state index is 13.3. The lowest BCUT2D eigenvalue weighted by Crippen LogP contribution is -2.35. The number of aromatic nitrogens is 3. The molecule has 11 heteroatoms. The van der Waals surface area contributed by atoms with Crippen molar-refractivity contribution >= 4 is 45.4 Å². The van der Waals surface area contributed by atoms with E-state index in [-0.39, 0.29) is 29.1 Å².